The third kappa shape index (κ3) is 4.26. The summed E-state index contributed by atoms with van der Waals surface area (Å²) < 4.78 is 5.31. The maximum absolute atomic E-state index is 12.8. The molecule has 146 valence electrons. The molecule has 1 N–H and O–H groups in total. The van der Waals surface area contributed by atoms with Crippen LogP contribution in [0.25, 0.3) is 0 Å². The molecule has 0 saturated carbocycles. The topological polar surface area (TPSA) is 44.8 Å². The molecule has 0 bridgehead atoms. The van der Waals surface area contributed by atoms with E-state index < -0.39 is 0 Å². The monoisotopic (exact) mass is 381 g/mol. The van der Waals surface area contributed by atoms with Gasteiger partial charge in [0.15, 0.2) is 0 Å². The Kier molecular flexibility index (Phi) is 6.46. The lowest BCUT2D eigenvalue weighted by Crippen LogP contribution is -2.57. The van der Waals surface area contributed by atoms with Crippen LogP contribution >= 0.6 is 11.6 Å². The van der Waals surface area contributed by atoms with Gasteiger partial charge >= 0.3 is 6.03 Å². The normalized spacial score (nSPS) is 21.2. The number of hydrogen-bond acceptors (Lipinski definition) is 3. The highest BCUT2D eigenvalue weighted by Crippen LogP contribution is 2.34. The predicted molar refractivity (Wildman–Crippen MR) is 107 cm³/mol. The van der Waals surface area contributed by atoms with Gasteiger partial charge in [-0.3, -0.25) is 0 Å². The quantitative estimate of drug-likeness (QED) is 0.854. The molecular formula is C20H32ClN3O2. The first-order chi connectivity index (χ1) is 12.1. The number of piperidine rings is 1. The Labute approximate surface area is 162 Å². The number of rotatable bonds is 4. The average Bonchev–Trinajstić information content (AvgIpc) is 2.55. The first-order valence-electron chi connectivity index (χ1n) is 9.13. The number of halogens is 1. The number of carbonyl (C=O) groups excluding carboxylic acids is 1. The molecule has 2 amide bonds. The summed E-state index contributed by atoms with van der Waals surface area (Å²) in [6, 6.07) is 3.77. The van der Waals surface area contributed by atoms with Crippen molar-refractivity contribution in [2.75, 3.05) is 34.3 Å². The fourth-order valence-electron chi connectivity index (χ4n) is 4.08. The van der Waals surface area contributed by atoms with Crippen molar-refractivity contribution in [1.82, 2.24) is 15.1 Å². The van der Waals surface area contributed by atoms with E-state index in [9.17, 15) is 4.79 Å². The van der Waals surface area contributed by atoms with Crippen molar-refractivity contribution >= 4 is 17.6 Å². The third-order valence-electron chi connectivity index (χ3n) is 5.54. The molecule has 0 radical (unpaired) electrons. The van der Waals surface area contributed by atoms with E-state index in [0.29, 0.717) is 5.02 Å². The van der Waals surface area contributed by atoms with Gasteiger partial charge in [-0.2, -0.15) is 0 Å². The number of methoxy groups -OCH3 is 1. The number of carbonyl (C=O) groups is 1. The fraction of sp³-hybridized carbons (Fsp3) is 0.650. The molecule has 26 heavy (non-hydrogen) atoms. The van der Waals surface area contributed by atoms with E-state index in [1.54, 1.807) is 7.11 Å². The minimum Gasteiger partial charge on any atom is -0.496 e. The molecule has 1 aliphatic rings. The lowest BCUT2D eigenvalue weighted by atomic mass is 9.78. The third-order valence-corrected chi connectivity index (χ3v) is 6.05. The molecule has 6 heteroatoms. The van der Waals surface area contributed by atoms with Gasteiger partial charge in [-0.05, 0) is 50.9 Å². The number of nitrogens with one attached hydrogen (secondary N) is 1. The van der Waals surface area contributed by atoms with Crippen LogP contribution in [0, 0.1) is 12.3 Å². The highest BCUT2D eigenvalue weighted by atomic mass is 35.5. The van der Waals surface area contributed by atoms with Gasteiger partial charge in [0.2, 0.25) is 0 Å². The number of nitrogens with zero attached hydrogens (tertiary/aromatic N) is 2. The second-order valence-electron chi connectivity index (χ2n) is 8.11. The Hall–Kier alpha value is -1.46. The van der Waals surface area contributed by atoms with Gasteiger partial charge in [0.05, 0.1) is 18.2 Å². The summed E-state index contributed by atoms with van der Waals surface area (Å²) >= 11 is 6.49. The van der Waals surface area contributed by atoms with Crippen molar-refractivity contribution in [1.29, 1.82) is 0 Å². The molecule has 5 nitrogen and oxygen atoms in total. The van der Waals surface area contributed by atoms with Crippen LogP contribution in [-0.2, 0) is 0 Å². The summed E-state index contributed by atoms with van der Waals surface area (Å²) in [5, 5.41) is 3.73. The zero-order chi connectivity index (χ0) is 19.6. The highest BCUT2D eigenvalue weighted by molar-refractivity contribution is 6.32. The minimum atomic E-state index is -0.184. The van der Waals surface area contributed by atoms with Gasteiger partial charge in [-0.1, -0.05) is 31.5 Å². The first kappa shape index (κ1) is 20.8. The maximum Gasteiger partial charge on any atom is 0.317 e. The molecule has 1 saturated heterocycles. The van der Waals surface area contributed by atoms with Gasteiger partial charge in [-0.25, -0.2) is 4.79 Å². The number of benzene rings is 1. The summed E-state index contributed by atoms with van der Waals surface area (Å²) in [5.41, 5.74) is 1.84. The largest absolute Gasteiger partial charge is 0.496 e. The van der Waals surface area contributed by atoms with Gasteiger partial charge in [0.25, 0.3) is 0 Å². The van der Waals surface area contributed by atoms with Crippen LogP contribution in [0.1, 0.15) is 44.4 Å². The summed E-state index contributed by atoms with van der Waals surface area (Å²) in [6.45, 7) is 10.3. The molecule has 0 aliphatic carbocycles. The molecule has 2 rings (SSSR count). The second kappa shape index (κ2) is 8.05. The van der Waals surface area contributed by atoms with Crippen molar-refractivity contribution in [3.8, 4) is 5.75 Å². The van der Waals surface area contributed by atoms with Crippen molar-refractivity contribution < 1.29 is 9.53 Å². The van der Waals surface area contributed by atoms with Gasteiger partial charge in [-0.15, -0.1) is 0 Å². The number of hydrogen-bond donors (Lipinski definition) is 1. The molecule has 1 fully saturated rings. The Morgan fingerprint density at radius 2 is 2.12 bits per heavy atom. The smallest absolute Gasteiger partial charge is 0.317 e. The predicted octanol–water partition coefficient (Wildman–Crippen LogP) is 4.09. The fourth-order valence-corrected chi connectivity index (χ4v) is 4.40. The first-order valence-corrected chi connectivity index (χ1v) is 9.51. The highest BCUT2D eigenvalue weighted by Gasteiger charge is 2.39. The van der Waals surface area contributed by atoms with Crippen molar-refractivity contribution in [2.24, 2.45) is 5.41 Å². The van der Waals surface area contributed by atoms with Crippen LogP contribution in [0.3, 0.4) is 0 Å². The van der Waals surface area contributed by atoms with E-state index in [4.69, 9.17) is 16.3 Å². The summed E-state index contributed by atoms with van der Waals surface area (Å²) in [7, 11) is 5.65. The molecule has 0 spiro atoms. The van der Waals surface area contributed by atoms with Crippen LogP contribution < -0.4 is 10.1 Å². The lowest BCUT2D eigenvalue weighted by molar-refractivity contribution is 0.0446. The molecular weight excluding hydrogens is 350 g/mol. The minimum absolute atomic E-state index is 0.0523. The van der Waals surface area contributed by atoms with E-state index in [2.05, 4.69) is 31.1 Å². The Morgan fingerprint density at radius 3 is 2.69 bits per heavy atom. The van der Waals surface area contributed by atoms with E-state index in [1.807, 2.05) is 37.9 Å². The zero-order valence-electron chi connectivity index (χ0n) is 17.0. The molecule has 0 aromatic heterocycles. The molecule has 1 aromatic carbocycles. The average molecular weight is 382 g/mol. The van der Waals surface area contributed by atoms with Crippen LogP contribution in [0.4, 0.5) is 4.79 Å². The van der Waals surface area contributed by atoms with Crippen LogP contribution in [0.5, 0.6) is 5.75 Å². The molecule has 1 aromatic rings. The van der Waals surface area contributed by atoms with Crippen molar-refractivity contribution in [3.05, 3.63) is 28.3 Å². The number of urea groups is 1. The Morgan fingerprint density at radius 1 is 1.46 bits per heavy atom. The van der Waals surface area contributed by atoms with Gasteiger partial charge in [0.1, 0.15) is 5.75 Å². The van der Waals surface area contributed by atoms with Gasteiger partial charge < -0.3 is 19.9 Å². The van der Waals surface area contributed by atoms with Crippen LogP contribution in [0.15, 0.2) is 12.1 Å². The molecule has 1 heterocycles. The Balaban J connectivity index is 2.10. The molecule has 1 aliphatic heterocycles. The number of ether oxygens (including phenoxy) is 1. The van der Waals surface area contributed by atoms with Gasteiger partial charge in [0, 0.05) is 25.2 Å². The standard InChI is InChI=1S/C20H32ClN3O2/c1-13-16(26-7)9-8-15(18(13)21)14(2)22-19(25)24(6)17-10-11-23(5)12-20(17,3)4/h8-9,14,17H,10-12H2,1-7H3,(H,22,25). The van der Waals surface area contributed by atoms with Crippen molar-refractivity contribution in [2.45, 2.75) is 46.2 Å². The van der Waals surface area contributed by atoms with Crippen molar-refractivity contribution in [3.63, 3.8) is 0 Å². The van der Waals surface area contributed by atoms with E-state index >= 15 is 0 Å². The molecule has 2 atom stereocenters. The summed E-state index contributed by atoms with van der Waals surface area (Å²) in [5.74, 6) is 0.752. The Bertz CT molecular complexity index is 663. The summed E-state index contributed by atoms with van der Waals surface area (Å²) in [6.07, 6.45) is 0.976. The van der Waals surface area contributed by atoms with E-state index in [-0.39, 0.29) is 23.5 Å². The van der Waals surface area contributed by atoms with Crippen LogP contribution in [-0.4, -0.2) is 56.2 Å². The van der Waals surface area contributed by atoms with E-state index in [0.717, 1.165) is 36.4 Å². The zero-order valence-corrected chi connectivity index (χ0v) is 17.8. The van der Waals surface area contributed by atoms with E-state index in [1.165, 1.54) is 0 Å². The maximum atomic E-state index is 12.8. The lowest BCUT2D eigenvalue weighted by Gasteiger charge is -2.47. The number of amides is 2. The summed E-state index contributed by atoms with van der Waals surface area (Å²) in [4.78, 5) is 17.0. The number of likely N-dealkylation sites (tertiary alicyclic amines) is 1. The molecule has 2 unspecified atom stereocenters. The van der Waals surface area contributed by atoms with Crippen LogP contribution in [0.2, 0.25) is 5.02 Å². The SMILES string of the molecule is COc1ccc(C(C)NC(=O)N(C)C2CCN(C)CC2(C)C)c(Cl)c1C. The second-order valence-corrected chi connectivity index (χ2v) is 8.49.